The van der Waals surface area contributed by atoms with E-state index in [0.717, 1.165) is 12.1 Å². The van der Waals surface area contributed by atoms with Gasteiger partial charge in [0, 0.05) is 52.4 Å². The summed E-state index contributed by atoms with van der Waals surface area (Å²) in [6.45, 7) is 2.74. The Balaban J connectivity index is 1.48. The van der Waals surface area contributed by atoms with Gasteiger partial charge in [0.25, 0.3) is 0 Å². The van der Waals surface area contributed by atoms with Crippen molar-refractivity contribution in [1.29, 1.82) is 0 Å². The molecule has 10 heteroatoms. The molecule has 0 aromatic heterocycles. The van der Waals surface area contributed by atoms with Gasteiger partial charge in [-0.1, -0.05) is 18.2 Å². The van der Waals surface area contributed by atoms with Crippen molar-refractivity contribution >= 4 is 21.7 Å². The van der Waals surface area contributed by atoms with Gasteiger partial charge >= 0.3 is 0 Å². The number of anilines is 1. The van der Waals surface area contributed by atoms with Gasteiger partial charge in [0.1, 0.15) is 11.6 Å². The number of aliphatic imine (C=N–C) groups is 1. The Morgan fingerprint density at radius 3 is 2.40 bits per heavy atom. The minimum atomic E-state index is -3.55. The molecule has 1 heterocycles. The number of halogens is 2. The highest BCUT2D eigenvalue weighted by molar-refractivity contribution is 7.89. The molecule has 0 unspecified atom stereocenters. The SMILES string of the molecule is CN=C(NCCNS(=O)(=O)c1ccccc1)N1CCN(c2cc(F)ccc2F)CC1. The fourth-order valence-corrected chi connectivity index (χ4v) is 4.32. The van der Waals surface area contributed by atoms with E-state index in [9.17, 15) is 17.2 Å². The van der Waals surface area contributed by atoms with Crippen LogP contribution in [0, 0.1) is 11.6 Å². The third-order valence-electron chi connectivity index (χ3n) is 4.79. The van der Waals surface area contributed by atoms with Crippen LogP contribution in [-0.4, -0.2) is 65.6 Å². The highest BCUT2D eigenvalue weighted by Crippen LogP contribution is 2.21. The van der Waals surface area contributed by atoms with E-state index in [1.54, 1.807) is 30.1 Å². The molecule has 7 nitrogen and oxygen atoms in total. The van der Waals surface area contributed by atoms with Crippen LogP contribution in [0.25, 0.3) is 0 Å². The number of rotatable bonds is 6. The summed E-state index contributed by atoms with van der Waals surface area (Å²) >= 11 is 0. The number of benzene rings is 2. The lowest BCUT2D eigenvalue weighted by molar-refractivity contribution is 0.371. The monoisotopic (exact) mass is 437 g/mol. The summed E-state index contributed by atoms with van der Waals surface area (Å²) in [5.41, 5.74) is 0.257. The van der Waals surface area contributed by atoms with Gasteiger partial charge in [-0.2, -0.15) is 0 Å². The second-order valence-corrected chi connectivity index (χ2v) is 8.52. The van der Waals surface area contributed by atoms with Gasteiger partial charge in [-0.05, 0) is 24.3 Å². The molecule has 0 atom stereocenters. The molecule has 0 bridgehead atoms. The van der Waals surface area contributed by atoms with Gasteiger partial charge < -0.3 is 15.1 Å². The van der Waals surface area contributed by atoms with Crippen LogP contribution in [-0.2, 0) is 10.0 Å². The normalized spacial score (nSPS) is 15.4. The molecule has 2 aromatic carbocycles. The van der Waals surface area contributed by atoms with Gasteiger partial charge in [-0.15, -0.1) is 0 Å². The minimum absolute atomic E-state index is 0.199. The van der Waals surface area contributed by atoms with Crippen LogP contribution in [0.1, 0.15) is 0 Å². The van der Waals surface area contributed by atoms with Crippen LogP contribution in [0.5, 0.6) is 0 Å². The Morgan fingerprint density at radius 2 is 1.73 bits per heavy atom. The molecule has 1 fully saturated rings. The van der Waals surface area contributed by atoms with Crippen LogP contribution in [0.15, 0.2) is 58.4 Å². The van der Waals surface area contributed by atoms with Gasteiger partial charge in [0.2, 0.25) is 10.0 Å². The first-order valence-corrected chi connectivity index (χ1v) is 11.1. The number of hydrogen-bond donors (Lipinski definition) is 2. The number of nitrogens with zero attached hydrogens (tertiary/aromatic N) is 3. The molecule has 0 aliphatic carbocycles. The highest BCUT2D eigenvalue weighted by atomic mass is 32.2. The Labute approximate surface area is 175 Å². The first-order chi connectivity index (χ1) is 14.4. The van der Waals surface area contributed by atoms with E-state index in [1.807, 2.05) is 4.90 Å². The number of hydrogen-bond acceptors (Lipinski definition) is 4. The van der Waals surface area contributed by atoms with E-state index < -0.39 is 21.7 Å². The zero-order valence-electron chi connectivity index (χ0n) is 16.7. The van der Waals surface area contributed by atoms with Crippen molar-refractivity contribution < 1.29 is 17.2 Å². The maximum atomic E-state index is 14.0. The quantitative estimate of drug-likeness (QED) is 0.408. The maximum absolute atomic E-state index is 14.0. The lowest BCUT2D eigenvalue weighted by Crippen LogP contribution is -2.53. The van der Waals surface area contributed by atoms with Crippen LogP contribution < -0.4 is 14.9 Å². The van der Waals surface area contributed by atoms with Crippen molar-refractivity contribution in [3.63, 3.8) is 0 Å². The molecule has 2 N–H and O–H groups in total. The lowest BCUT2D eigenvalue weighted by atomic mass is 10.2. The summed E-state index contributed by atoms with van der Waals surface area (Å²) < 4.78 is 54.4. The summed E-state index contributed by atoms with van der Waals surface area (Å²) in [4.78, 5) is 8.25. The molecule has 2 aromatic rings. The average molecular weight is 438 g/mol. The Morgan fingerprint density at radius 1 is 1.03 bits per heavy atom. The predicted molar refractivity (Wildman–Crippen MR) is 113 cm³/mol. The van der Waals surface area contributed by atoms with E-state index >= 15 is 0 Å². The van der Waals surface area contributed by atoms with Crippen LogP contribution in [0.2, 0.25) is 0 Å². The Bertz CT molecular complexity index is 978. The highest BCUT2D eigenvalue weighted by Gasteiger charge is 2.22. The summed E-state index contributed by atoms with van der Waals surface area (Å²) in [5.74, 6) is -0.282. The minimum Gasteiger partial charge on any atom is -0.366 e. The van der Waals surface area contributed by atoms with Crippen LogP contribution in [0.3, 0.4) is 0 Å². The summed E-state index contributed by atoms with van der Waals surface area (Å²) in [6.07, 6.45) is 0. The second-order valence-electron chi connectivity index (χ2n) is 6.75. The molecule has 1 aliphatic rings. The molecule has 1 aliphatic heterocycles. The van der Waals surface area contributed by atoms with Gasteiger partial charge in [-0.25, -0.2) is 21.9 Å². The van der Waals surface area contributed by atoms with E-state index in [2.05, 4.69) is 15.0 Å². The molecular formula is C20H25F2N5O2S. The number of sulfonamides is 1. The van der Waals surface area contributed by atoms with Crippen molar-refractivity contribution in [3.05, 3.63) is 60.2 Å². The van der Waals surface area contributed by atoms with Crippen molar-refractivity contribution in [3.8, 4) is 0 Å². The summed E-state index contributed by atoms with van der Waals surface area (Å²) in [6, 6.07) is 11.6. The molecule has 30 heavy (non-hydrogen) atoms. The van der Waals surface area contributed by atoms with E-state index in [-0.39, 0.29) is 17.1 Å². The van der Waals surface area contributed by atoms with Crippen molar-refractivity contribution in [2.45, 2.75) is 4.90 Å². The van der Waals surface area contributed by atoms with Crippen LogP contribution >= 0.6 is 0 Å². The van der Waals surface area contributed by atoms with E-state index in [4.69, 9.17) is 0 Å². The fraction of sp³-hybridized carbons (Fsp3) is 0.350. The average Bonchev–Trinajstić information content (AvgIpc) is 2.76. The zero-order chi connectivity index (χ0) is 21.6. The fourth-order valence-electron chi connectivity index (χ4n) is 3.26. The van der Waals surface area contributed by atoms with Crippen molar-refractivity contribution in [1.82, 2.24) is 14.9 Å². The molecular weight excluding hydrogens is 412 g/mol. The van der Waals surface area contributed by atoms with E-state index in [0.29, 0.717) is 38.7 Å². The number of piperazine rings is 1. The Kier molecular flexibility index (Phi) is 7.22. The van der Waals surface area contributed by atoms with Gasteiger partial charge in [-0.3, -0.25) is 4.99 Å². The molecule has 0 amide bonds. The standard InChI is InChI=1S/C20H25F2N5O2S/c1-23-20(24-9-10-25-30(28,29)17-5-3-2-4-6-17)27-13-11-26(12-14-27)19-15-16(21)7-8-18(19)22/h2-8,15,25H,9-14H2,1H3,(H,23,24). The first kappa shape index (κ1) is 22.0. The second kappa shape index (κ2) is 9.86. The first-order valence-electron chi connectivity index (χ1n) is 9.61. The van der Waals surface area contributed by atoms with Crippen molar-refractivity contribution in [2.24, 2.45) is 4.99 Å². The molecule has 0 radical (unpaired) electrons. The summed E-state index contributed by atoms with van der Waals surface area (Å²) in [7, 11) is -1.90. The smallest absolute Gasteiger partial charge is 0.240 e. The van der Waals surface area contributed by atoms with Gasteiger partial charge in [0.15, 0.2) is 5.96 Å². The lowest BCUT2D eigenvalue weighted by Gasteiger charge is -2.37. The molecule has 0 saturated carbocycles. The molecule has 3 rings (SSSR count). The van der Waals surface area contributed by atoms with Crippen LogP contribution in [0.4, 0.5) is 14.5 Å². The molecule has 0 spiro atoms. The molecule has 162 valence electrons. The zero-order valence-corrected chi connectivity index (χ0v) is 17.5. The van der Waals surface area contributed by atoms with E-state index in [1.165, 1.54) is 18.2 Å². The topological polar surface area (TPSA) is 77.0 Å². The third kappa shape index (κ3) is 5.45. The Hall–Kier alpha value is -2.72. The number of nitrogens with one attached hydrogen (secondary N) is 2. The number of guanidine groups is 1. The molecule has 1 saturated heterocycles. The van der Waals surface area contributed by atoms with Crippen molar-refractivity contribution in [2.75, 3.05) is 51.2 Å². The predicted octanol–water partition coefficient (Wildman–Crippen LogP) is 1.64. The van der Waals surface area contributed by atoms with Gasteiger partial charge in [0.05, 0.1) is 10.6 Å². The summed E-state index contributed by atoms with van der Waals surface area (Å²) in [5, 5.41) is 3.13. The maximum Gasteiger partial charge on any atom is 0.240 e. The largest absolute Gasteiger partial charge is 0.366 e. The third-order valence-corrected chi connectivity index (χ3v) is 6.27.